The van der Waals surface area contributed by atoms with Crippen LogP contribution in [0.3, 0.4) is 0 Å². The van der Waals surface area contributed by atoms with E-state index in [1.165, 1.54) is 5.56 Å². The van der Waals surface area contributed by atoms with Crippen LogP contribution < -0.4 is 4.90 Å². The van der Waals surface area contributed by atoms with E-state index in [1.807, 2.05) is 36.9 Å². The van der Waals surface area contributed by atoms with Gasteiger partial charge in [-0.2, -0.15) is 0 Å². The zero-order valence-corrected chi connectivity index (χ0v) is 17.0. The minimum Gasteiger partial charge on any atom is -0.353 e. The van der Waals surface area contributed by atoms with Gasteiger partial charge in [0.25, 0.3) is 0 Å². The number of likely N-dealkylation sites (tertiary alicyclic amines) is 1. The first-order valence-electron chi connectivity index (χ1n) is 10.2. The third-order valence-corrected chi connectivity index (χ3v) is 6.05. The summed E-state index contributed by atoms with van der Waals surface area (Å²) >= 11 is 0. The molecule has 2 fully saturated rings. The van der Waals surface area contributed by atoms with Crippen molar-refractivity contribution in [1.29, 1.82) is 0 Å². The highest BCUT2D eigenvalue weighted by Crippen LogP contribution is 2.28. The predicted octanol–water partition coefficient (Wildman–Crippen LogP) is 1.76. The Kier molecular flexibility index (Phi) is 5.47. The van der Waals surface area contributed by atoms with E-state index in [0.717, 1.165) is 30.2 Å². The van der Waals surface area contributed by atoms with Crippen LogP contribution in [0, 0.1) is 13.8 Å². The van der Waals surface area contributed by atoms with E-state index in [0.29, 0.717) is 26.1 Å². The number of amides is 2. The predicted molar refractivity (Wildman–Crippen MR) is 111 cm³/mol. The summed E-state index contributed by atoms with van der Waals surface area (Å²) in [6.45, 7) is 7.58. The number of nitrogens with zero attached hydrogens (tertiary/aromatic N) is 5. The van der Waals surface area contributed by atoms with Crippen molar-refractivity contribution in [3.8, 4) is 0 Å². The van der Waals surface area contributed by atoms with Gasteiger partial charge < -0.3 is 14.7 Å². The summed E-state index contributed by atoms with van der Waals surface area (Å²) in [4.78, 5) is 39.6. The molecule has 7 heteroatoms. The van der Waals surface area contributed by atoms with Crippen molar-refractivity contribution >= 4 is 17.6 Å². The molecule has 0 saturated carbocycles. The summed E-state index contributed by atoms with van der Waals surface area (Å²) in [6, 6.07) is 10.1. The van der Waals surface area contributed by atoms with Gasteiger partial charge in [-0.1, -0.05) is 30.3 Å². The normalized spacial score (nSPS) is 19.7. The van der Waals surface area contributed by atoms with E-state index in [-0.39, 0.29) is 24.3 Å². The standard InChI is InChI=1S/C22H27N5O2/c1-16-17(2)23-15-24-22(16)26-10-8-25(9-11-26)21(29)14-27-13-19(12-20(27)28)18-6-4-3-5-7-18/h3-7,15,19H,8-14H2,1-2H3. The van der Waals surface area contributed by atoms with Crippen molar-refractivity contribution in [2.75, 3.05) is 44.2 Å². The highest BCUT2D eigenvalue weighted by atomic mass is 16.2. The van der Waals surface area contributed by atoms with Crippen molar-refractivity contribution in [3.63, 3.8) is 0 Å². The number of piperazine rings is 1. The topological polar surface area (TPSA) is 69.6 Å². The minimum atomic E-state index is 0.0299. The third kappa shape index (κ3) is 4.09. The van der Waals surface area contributed by atoms with Gasteiger partial charge in [0, 0.05) is 56.3 Å². The first-order valence-corrected chi connectivity index (χ1v) is 10.2. The lowest BCUT2D eigenvalue weighted by atomic mass is 9.99. The number of rotatable bonds is 4. The van der Waals surface area contributed by atoms with Gasteiger partial charge in [0.15, 0.2) is 0 Å². The Morgan fingerprint density at radius 3 is 2.52 bits per heavy atom. The van der Waals surface area contributed by atoms with Gasteiger partial charge in [-0.3, -0.25) is 9.59 Å². The van der Waals surface area contributed by atoms with Crippen LogP contribution in [-0.4, -0.2) is 70.9 Å². The van der Waals surface area contributed by atoms with Gasteiger partial charge in [-0.25, -0.2) is 9.97 Å². The monoisotopic (exact) mass is 393 g/mol. The number of anilines is 1. The van der Waals surface area contributed by atoms with E-state index in [9.17, 15) is 9.59 Å². The van der Waals surface area contributed by atoms with Crippen molar-refractivity contribution in [1.82, 2.24) is 19.8 Å². The van der Waals surface area contributed by atoms with Gasteiger partial charge in [0.05, 0.1) is 6.54 Å². The molecule has 0 radical (unpaired) electrons. The molecule has 2 aliphatic heterocycles. The van der Waals surface area contributed by atoms with Gasteiger partial charge in [0.1, 0.15) is 12.1 Å². The van der Waals surface area contributed by atoms with Crippen LogP contribution in [-0.2, 0) is 9.59 Å². The highest BCUT2D eigenvalue weighted by Gasteiger charge is 2.33. The van der Waals surface area contributed by atoms with Crippen LogP contribution in [0.2, 0.25) is 0 Å². The minimum absolute atomic E-state index is 0.0299. The molecule has 0 aliphatic carbocycles. The Hall–Kier alpha value is -2.96. The fourth-order valence-corrected chi connectivity index (χ4v) is 4.15. The molecule has 1 aromatic heterocycles. The van der Waals surface area contributed by atoms with Crippen LogP contribution in [0.25, 0.3) is 0 Å². The Labute approximate surface area is 171 Å². The largest absolute Gasteiger partial charge is 0.353 e. The van der Waals surface area contributed by atoms with Gasteiger partial charge in [0.2, 0.25) is 11.8 Å². The fraction of sp³-hybridized carbons (Fsp3) is 0.455. The van der Waals surface area contributed by atoms with Crippen molar-refractivity contribution in [2.45, 2.75) is 26.2 Å². The molecular weight excluding hydrogens is 366 g/mol. The second-order valence-electron chi connectivity index (χ2n) is 7.86. The lowest BCUT2D eigenvalue weighted by Crippen LogP contribution is -2.51. The fourth-order valence-electron chi connectivity index (χ4n) is 4.15. The Balaban J connectivity index is 1.32. The molecule has 0 N–H and O–H groups in total. The number of aromatic nitrogens is 2. The molecule has 2 saturated heterocycles. The van der Waals surface area contributed by atoms with Crippen molar-refractivity contribution < 1.29 is 9.59 Å². The lowest BCUT2D eigenvalue weighted by Gasteiger charge is -2.36. The summed E-state index contributed by atoms with van der Waals surface area (Å²) in [5.74, 6) is 1.22. The molecule has 0 spiro atoms. The molecule has 2 aromatic rings. The van der Waals surface area contributed by atoms with Crippen LogP contribution in [0.5, 0.6) is 0 Å². The summed E-state index contributed by atoms with van der Waals surface area (Å²) in [5.41, 5.74) is 3.23. The summed E-state index contributed by atoms with van der Waals surface area (Å²) in [7, 11) is 0. The van der Waals surface area contributed by atoms with Crippen LogP contribution >= 0.6 is 0 Å². The number of carbonyl (C=O) groups excluding carboxylic acids is 2. The number of benzene rings is 1. The molecule has 29 heavy (non-hydrogen) atoms. The molecule has 1 atom stereocenters. The maximum absolute atomic E-state index is 12.8. The second-order valence-corrected chi connectivity index (χ2v) is 7.86. The lowest BCUT2D eigenvalue weighted by molar-refractivity contribution is -0.138. The Bertz CT molecular complexity index is 893. The summed E-state index contributed by atoms with van der Waals surface area (Å²) in [6.07, 6.45) is 2.08. The maximum Gasteiger partial charge on any atom is 0.242 e. The van der Waals surface area contributed by atoms with Crippen LogP contribution in [0.15, 0.2) is 36.7 Å². The molecule has 0 bridgehead atoms. The molecule has 2 aliphatic rings. The quantitative estimate of drug-likeness (QED) is 0.792. The SMILES string of the molecule is Cc1ncnc(N2CCN(C(=O)CN3CC(c4ccccc4)CC3=O)CC2)c1C. The molecule has 1 aromatic carbocycles. The van der Waals surface area contributed by atoms with E-state index in [4.69, 9.17) is 0 Å². The average molecular weight is 393 g/mol. The molecule has 1 unspecified atom stereocenters. The first-order chi connectivity index (χ1) is 14.0. The van der Waals surface area contributed by atoms with Crippen LogP contribution in [0.4, 0.5) is 5.82 Å². The first kappa shape index (κ1) is 19.4. The average Bonchev–Trinajstić information content (AvgIpc) is 3.11. The van der Waals surface area contributed by atoms with E-state index < -0.39 is 0 Å². The molecular formula is C22H27N5O2. The third-order valence-electron chi connectivity index (χ3n) is 6.05. The van der Waals surface area contributed by atoms with E-state index >= 15 is 0 Å². The Morgan fingerprint density at radius 2 is 1.79 bits per heavy atom. The zero-order chi connectivity index (χ0) is 20.4. The van der Waals surface area contributed by atoms with Gasteiger partial charge in [-0.05, 0) is 19.4 Å². The maximum atomic E-state index is 12.8. The number of hydrogen-bond acceptors (Lipinski definition) is 5. The molecule has 3 heterocycles. The smallest absolute Gasteiger partial charge is 0.242 e. The summed E-state index contributed by atoms with van der Waals surface area (Å²) in [5, 5.41) is 0. The number of aryl methyl sites for hydroxylation is 1. The highest BCUT2D eigenvalue weighted by molar-refractivity contribution is 5.86. The van der Waals surface area contributed by atoms with E-state index in [2.05, 4.69) is 27.0 Å². The molecule has 4 rings (SSSR count). The van der Waals surface area contributed by atoms with Gasteiger partial charge >= 0.3 is 0 Å². The number of carbonyl (C=O) groups is 2. The number of hydrogen-bond donors (Lipinski definition) is 0. The molecule has 7 nitrogen and oxygen atoms in total. The molecule has 2 amide bonds. The second kappa shape index (κ2) is 8.19. The zero-order valence-electron chi connectivity index (χ0n) is 17.0. The van der Waals surface area contributed by atoms with Crippen molar-refractivity contribution in [2.24, 2.45) is 0 Å². The van der Waals surface area contributed by atoms with Crippen LogP contribution in [0.1, 0.15) is 29.2 Å². The van der Waals surface area contributed by atoms with Gasteiger partial charge in [-0.15, -0.1) is 0 Å². The molecule has 152 valence electrons. The van der Waals surface area contributed by atoms with E-state index in [1.54, 1.807) is 11.2 Å². The van der Waals surface area contributed by atoms with Crippen molar-refractivity contribution in [3.05, 3.63) is 53.5 Å². The summed E-state index contributed by atoms with van der Waals surface area (Å²) < 4.78 is 0. The Morgan fingerprint density at radius 1 is 1.07 bits per heavy atom.